The molecular weight excluding hydrogens is 220 g/mol. The third kappa shape index (κ3) is 5.93. The van der Waals surface area contributed by atoms with Crippen LogP contribution in [-0.4, -0.2) is 45.7 Å². The van der Waals surface area contributed by atoms with E-state index in [1.807, 2.05) is 6.07 Å². The summed E-state index contributed by atoms with van der Waals surface area (Å²) in [7, 11) is 0. The van der Waals surface area contributed by atoms with Crippen molar-refractivity contribution in [3.05, 3.63) is 0 Å². The molecule has 0 aliphatic heterocycles. The van der Waals surface area contributed by atoms with Gasteiger partial charge < -0.3 is 15.5 Å². The van der Waals surface area contributed by atoms with Crippen LogP contribution in [-0.2, 0) is 9.59 Å². The zero-order chi connectivity index (χ0) is 11.9. The van der Waals surface area contributed by atoms with Gasteiger partial charge in [0.05, 0.1) is 24.1 Å². The van der Waals surface area contributed by atoms with Crippen molar-refractivity contribution in [1.29, 1.82) is 5.26 Å². The molecule has 3 N–H and O–H groups in total. The summed E-state index contributed by atoms with van der Waals surface area (Å²) in [5, 5.41) is 28.2. The van der Waals surface area contributed by atoms with Crippen molar-refractivity contribution >= 4 is 23.6 Å². The van der Waals surface area contributed by atoms with E-state index in [1.54, 1.807) is 0 Å². The van der Waals surface area contributed by atoms with E-state index in [-0.39, 0.29) is 18.1 Å². The number of carbonyl (C=O) groups is 2. The zero-order valence-electron chi connectivity index (χ0n) is 8.19. The van der Waals surface area contributed by atoms with E-state index in [9.17, 15) is 14.7 Å². The molecule has 1 atom stereocenters. The minimum absolute atomic E-state index is 0.0727. The van der Waals surface area contributed by atoms with Crippen LogP contribution in [0.15, 0.2) is 0 Å². The Morgan fingerprint density at radius 3 is 2.67 bits per heavy atom. The number of nitrogens with one attached hydrogen (secondary N) is 1. The third-order valence-electron chi connectivity index (χ3n) is 1.49. The van der Waals surface area contributed by atoms with Crippen molar-refractivity contribution in [3.63, 3.8) is 0 Å². The highest BCUT2D eigenvalue weighted by atomic mass is 32.2. The lowest BCUT2D eigenvalue weighted by molar-refractivity contribution is -0.156. The van der Waals surface area contributed by atoms with Crippen LogP contribution >= 0.6 is 11.8 Å². The SMILES string of the molecule is CC(O)(CNC(=O)CSCC#N)C(=O)O. The highest BCUT2D eigenvalue weighted by molar-refractivity contribution is 8.00. The lowest BCUT2D eigenvalue weighted by atomic mass is 10.1. The first kappa shape index (κ1) is 13.7. The topological polar surface area (TPSA) is 110 Å². The molecule has 0 aromatic rings. The number of rotatable bonds is 6. The van der Waals surface area contributed by atoms with Crippen LogP contribution in [0.3, 0.4) is 0 Å². The summed E-state index contributed by atoms with van der Waals surface area (Å²) in [6.45, 7) is 0.742. The molecule has 0 spiro atoms. The first-order chi connectivity index (χ1) is 6.90. The van der Waals surface area contributed by atoms with Gasteiger partial charge in [0.2, 0.25) is 5.91 Å². The quantitative estimate of drug-likeness (QED) is 0.517. The van der Waals surface area contributed by atoms with Crippen molar-refractivity contribution in [2.75, 3.05) is 18.1 Å². The Labute approximate surface area is 91.3 Å². The summed E-state index contributed by atoms with van der Waals surface area (Å²) < 4.78 is 0. The van der Waals surface area contributed by atoms with Gasteiger partial charge in [-0.2, -0.15) is 5.26 Å². The molecule has 0 rings (SSSR count). The predicted molar refractivity (Wildman–Crippen MR) is 54.2 cm³/mol. The van der Waals surface area contributed by atoms with Crippen molar-refractivity contribution in [2.24, 2.45) is 0 Å². The molecule has 15 heavy (non-hydrogen) atoms. The molecule has 1 unspecified atom stereocenters. The third-order valence-corrected chi connectivity index (χ3v) is 2.29. The molecule has 0 aromatic carbocycles. The fraction of sp³-hybridized carbons (Fsp3) is 0.625. The molecule has 84 valence electrons. The molecule has 7 heteroatoms. The van der Waals surface area contributed by atoms with Gasteiger partial charge in [0.15, 0.2) is 5.60 Å². The first-order valence-electron chi connectivity index (χ1n) is 4.07. The molecule has 0 aliphatic rings. The maximum absolute atomic E-state index is 11.0. The molecular formula is C8H12N2O4S. The van der Waals surface area contributed by atoms with Crippen LogP contribution < -0.4 is 5.32 Å². The fourth-order valence-electron chi connectivity index (χ4n) is 0.587. The van der Waals surface area contributed by atoms with Crippen molar-refractivity contribution in [3.8, 4) is 6.07 Å². The van der Waals surface area contributed by atoms with Gasteiger partial charge in [-0.15, -0.1) is 11.8 Å². The first-order valence-corrected chi connectivity index (χ1v) is 5.23. The van der Waals surface area contributed by atoms with Crippen LogP contribution in [0.4, 0.5) is 0 Å². The van der Waals surface area contributed by atoms with E-state index in [2.05, 4.69) is 5.32 Å². The largest absolute Gasteiger partial charge is 0.479 e. The fourth-order valence-corrected chi connectivity index (χ4v) is 1.07. The molecule has 0 aromatic heterocycles. The van der Waals surface area contributed by atoms with E-state index in [0.29, 0.717) is 0 Å². The van der Waals surface area contributed by atoms with E-state index in [1.165, 1.54) is 0 Å². The summed E-state index contributed by atoms with van der Waals surface area (Å²) in [5.41, 5.74) is -1.96. The second-order valence-corrected chi connectivity index (χ2v) is 3.99. The van der Waals surface area contributed by atoms with Gasteiger partial charge in [0.1, 0.15) is 0 Å². The number of nitriles is 1. The molecule has 0 saturated heterocycles. The standard InChI is InChI=1S/C8H12N2O4S/c1-8(14,7(12)13)5-10-6(11)4-15-3-2-9/h14H,3-5H2,1H3,(H,10,11)(H,12,13). The van der Waals surface area contributed by atoms with Crippen molar-refractivity contribution in [1.82, 2.24) is 5.32 Å². The van der Waals surface area contributed by atoms with E-state index < -0.39 is 17.5 Å². The van der Waals surface area contributed by atoms with Gasteiger partial charge in [0, 0.05) is 0 Å². The monoisotopic (exact) mass is 232 g/mol. The number of hydrogen-bond acceptors (Lipinski definition) is 5. The highest BCUT2D eigenvalue weighted by Crippen LogP contribution is 2.02. The average molecular weight is 232 g/mol. The number of aliphatic carboxylic acids is 1. The minimum atomic E-state index is -1.96. The number of nitrogens with zero attached hydrogens (tertiary/aromatic N) is 1. The van der Waals surface area contributed by atoms with Gasteiger partial charge in [-0.1, -0.05) is 0 Å². The molecule has 0 heterocycles. The molecule has 0 fully saturated rings. The second-order valence-electron chi connectivity index (χ2n) is 3.01. The number of thioether (sulfide) groups is 1. The van der Waals surface area contributed by atoms with E-state index >= 15 is 0 Å². The lowest BCUT2D eigenvalue weighted by Gasteiger charge is -2.17. The smallest absolute Gasteiger partial charge is 0.337 e. The summed E-state index contributed by atoms with van der Waals surface area (Å²) in [6, 6.07) is 1.85. The van der Waals surface area contributed by atoms with Gasteiger partial charge in [0.25, 0.3) is 0 Å². The van der Waals surface area contributed by atoms with Crippen LogP contribution in [0.25, 0.3) is 0 Å². The van der Waals surface area contributed by atoms with Gasteiger partial charge >= 0.3 is 5.97 Å². The Bertz CT molecular complexity index is 285. The van der Waals surface area contributed by atoms with Crippen LogP contribution in [0, 0.1) is 11.3 Å². The average Bonchev–Trinajstić information content (AvgIpc) is 2.15. The summed E-state index contributed by atoms with van der Waals surface area (Å²) >= 11 is 1.12. The Kier molecular flexibility index (Phi) is 5.74. The Hall–Kier alpha value is -1.26. The number of hydrogen-bond donors (Lipinski definition) is 3. The summed E-state index contributed by atoms with van der Waals surface area (Å²) in [4.78, 5) is 21.5. The molecule has 0 bridgehead atoms. The predicted octanol–water partition coefficient (Wildman–Crippen LogP) is -0.805. The number of carboxylic acid groups (broad SMARTS) is 1. The van der Waals surface area contributed by atoms with E-state index in [4.69, 9.17) is 10.4 Å². The normalized spacial score (nSPS) is 13.7. The lowest BCUT2D eigenvalue weighted by Crippen LogP contribution is -2.46. The Morgan fingerprint density at radius 2 is 2.20 bits per heavy atom. The van der Waals surface area contributed by atoms with E-state index in [0.717, 1.165) is 18.7 Å². The molecule has 0 saturated carbocycles. The number of carbonyl (C=O) groups excluding carboxylic acids is 1. The number of carboxylic acids is 1. The van der Waals surface area contributed by atoms with Gasteiger partial charge in [-0.3, -0.25) is 4.79 Å². The summed E-state index contributed by atoms with van der Waals surface area (Å²) in [6.07, 6.45) is 0. The molecule has 0 aliphatic carbocycles. The minimum Gasteiger partial charge on any atom is -0.479 e. The Balaban J connectivity index is 3.81. The van der Waals surface area contributed by atoms with Crippen molar-refractivity contribution in [2.45, 2.75) is 12.5 Å². The maximum Gasteiger partial charge on any atom is 0.337 e. The van der Waals surface area contributed by atoms with Crippen LogP contribution in [0.1, 0.15) is 6.92 Å². The maximum atomic E-state index is 11.0. The van der Waals surface area contributed by atoms with Crippen LogP contribution in [0.5, 0.6) is 0 Å². The van der Waals surface area contributed by atoms with Gasteiger partial charge in [-0.25, -0.2) is 4.79 Å². The zero-order valence-corrected chi connectivity index (χ0v) is 9.00. The highest BCUT2D eigenvalue weighted by Gasteiger charge is 2.30. The Morgan fingerprint density at radius 1 is 1.60 bits per heavy atom. The van der Waals surface area contributed by atoms with Crippen molar-refractivity contribution < 1.29 is 19.8 Å². The molecule has 1 amide bonds. The van der Waals surface area contributed by atoms with Crippen LogP contribution in [0.2, 0.25) is 0 Å². The second kappa shape index (κ2) is 6.27. The molecule has 0 radical (unpaired) electrons. The summed E-state index contributed by atoms with van der Waals surface area (Å²) in [5.74, 6) is -1.53. The van der Waals surface area contributed by atoms with Gasteiger partial charge in [-0.05, 0) is 6.92 Å². The number of amides is 1. The molecule has 6 nitrogen and oxygen atoms in total. The number of aliphatic hydroxyl groups is 1.